The Kier molecular flexibility index (Phi) is 4.73. The fourth-order valence-corrected chi connectivity index (χ4v) is 2.34. The van der Waals surface area contributed by atoms with Gasteiger partial charge in [-0.15, -0.1) is 0 Å². The van der Waals surface area contributed by atoms with Crippen LogP contribution in [0.1, 0.15) is 53.2 Å². The number of aryl methyl sites for hydroxylation is 1. The van der Waals surface area contributed by atoms with Crippen LogP contribution in [0.5, 0.6) is 0 Å². The Balaban J connectivity index is 2.09. The zero-order valence-electron chi connectivity index (χ0n) is 12.5. The molecular formula is C19H22O. The molecule has 0 aliphatic rings. The molecule has 0 bridgehead atoms. The topological polar surface area (TPSA) is 17.1 Å². The van der Waals surface area contributed by atoms with E-state index in [2.05, 4.69) is 45.0 Å². The van der Waals surface area contributed by atoms with E-state index in [1.165, 1.54) is 11.1 Å². The predicted molar refractivity (Wildman–Crippen MR) is 84.4 cm³/mol. The summed E-state index contributed by atoms with van der Waals surface area (Å²) in [6.45, 7) is 6.44. The average molecular weight is 266 g/mol. The minimum absolute atomic E-state index is 0.186. The van der Waals surface area contributed by atoms with Crippen molar-refractivity contribution in [2.45, 2.75) is 39.5 Å². The Morgan fingerprint density at radius 3 is 2.40 bits per heavy atom. The van der Waals surface area contributed by atoms with Gasteiger partial charge in [0.05, 0.1) is 0 Å². The Labute approximate surface area is 121 Å². The lowest BCUT2D eigenvalue weighted by Gasteiger charge is -2.09. The van der Waals surface area contributed by atoms with E-state index in [0.29, 0.717) is 12.3 Å². The van der Waals surface area contributed by atoms with Crippen molar-refractivity contribution in [2.24, 2.45) is 0 Å². The lowest BCUT2D eigenvalue weighted by molar-refractivity contribution is 0.0993. The minimum Gasteiger partial charge on any atom is -0.294 e. The molecule has 1 unspecified atom stereocenters. The number of carbonyl (C=O) groups is 1. The van der Waals surface area contributed by atoms with Crippen molar-refractivity contribution in [1.82, 2.24) is 0 Å². The van der Waals surface area contributed by atoms with Crippen molar-refractivity contribution < 1.29 is 4.79 Å². The van der Waals surface area contributed by atoms with Gasteiger partial charge in [0, 0.05) is 12.0 Å². The number of benzene rings is 2. The van der Waals surface area contributed by atoms with Crippen LogP contribution < -0.4 is 0 Å². The molecule has 1 atom stereocenters. The highest BCUT2D eigenvalue weighted by Gasteiger charge is 2.08. The summed E-state index contributed by atoms with van der Waals surface area (Å²) in [5, 5.41) is 0. The van der Waals surface area contributed by atoms with Crippen molar-refractivity contribution in [3.8, 4) is 0 Å². The molecular weight excluding hydrogens is 244 g/mol. The second kappa shape index (κ2) is 6.51. The number of hydrogen-bond donors (Lipinski definition) is 0. The Bertz CT molecular complexity index is 581. The molecule has 2 rings (SSSR count). The minimum atomic E-state index is 0.186. The SMILES string of the molecule is CCC(C)c1ccc(C(=O)Cc2cccc(C)c2)cc1. The van der Waals surface area contributed by atoms with Gasteiger partial charge in [0.15, 0.2) is 5.78 Å². The zero-order chi connectivity index (χ0) is 14.5. The third-order valence-electron chi connectivity index (χ3n) is 3.86. The first kappa shape index (κ1) is 14.5. The summed E-state index contributed by atoms with van der Waals surface area (Å²) in [6, 6.07) is 16.2. The molecule has 0 saturated carbocycles. The summed E-state index contributed by atoms with van der Waals surface area (Å²) in [5.74, 6) is 0.738. The van der Waals surface area contributed by atoms with Gasteiger partial charge in [-0.2, -0.15) is 0 Å². The molecule has 0 saturated heterocycles. The Hall–Kier alpha value is -1.89. The number of ketones is 1. The molecule has 0 amide bonds. The summed E-state index contributed by atoms with van der Waals surface area (Å²) >= 11 is 0. The monoisotopic (exact) mass is 266 g/mol. The van der Waals surface area contributed by atoms with Crippen molar-refractivity contribution in [2.75, 3.05) is 0 Å². The molecule has 1 heteroatoms. The number of hydrogen-bond acceptors (Lipinski definition) is 1. The summed E-state index contributed by atoms with van der Waals surface area (Å²) < 4.78 is 0. The van der Waals surface area contributed by atoms with E-state index in [9.17, 15) is 4.79 Å². The van der Waals surface area contributed by atoms with Gasteiger partial charge in [0.2, 0.25) is 0 Å². The predicted octanol–water partition coefficient (Wildman–Crippen LogP) is 4.93. The van der Waals surface area contributed by atoms with Crippen LogP contribution in [0.4, 0.5) is 0 Å². The fraction of sp³-hybridized carbons (Fsp3) is 0.316. The first-order valence-corrected chi connectivity index (χ1v) is 7.29. The third-order valence-corrected chi connectivity index (χ3v) is 3.86. The quantitative estimate of drug-likeness (QED) is 0.701. The molecule has 2 aromatic carbocycles. The third kappa shape index (κ3) is 3.57. The van der Waals surface area contributed by atoms with Crippen LogP contribution in [0.2, 0.25) is 0 Å². The molecule has 0 spiro atoms. The van der Waals surface area contributed by atoms with Crippen LogP contribution in [0.3, 0.4) is 0 Å². The van der Waals surface area contributed by atoms with Gasteiger partial charge in [0.1, 0.15) is 0 Å². The maximum Gasteiger partial charge on any atom is 0.167 e. The molecule has 0 aliphatic heterocycles. The highest BCUT2D eigenvalue weighted by molar-refractivity contribution is 5.97. The van der Waals surface area contributed by atoms with E-state index in [1.807, 2.05) is 24.3 Å². The van der Waals surface area contributed by atoms with Crippen LogP contribution >= 0.6 is 0 Å². The second-order valence-corrected chi connectivity index (χ2v) is 5.52. The van der Waals surface area contributed by atoms with Crippen LogP contribution in [0, 0.1) is 6.92 Å². The van der Waals surface area contributed by atoms with Gasteiger partial charge in [0.25, 0.3) is 0 Å². The standard InChI is InChI=1S/C19H22O/c1-4-15(3)17-8-10-18(11-9-17)19(20)13-16-7-5-6-14(2)12-16/h5-12,15H,4,13H2,1-3H3. The van der Waals surface area contributed by atoms with Crippen molar-refractivity contribution in [3.63, 3.8) is 0 Å². The van der Waals surface area contributed by atoms with Crippen LogP contribution in [-0.4, -0.2) is 5.78 Å². The van der Waals surface area contributed by atoms with Crippen molar-refractivity contribution in [3.05, 3.63) is 70.8 Å². The first-order valence-electron chi connectivity index (χ1n) is 7.29. The van der Waals surface area contributed by atoms with E-state index in [-0.39, 0.29) is 5.78 Å². The average Bonchev–Trinajstić information content (AvgIpc) is 2.46. The summed E-state index contributed by atoms with van der Waals surface area (Å²) in [6.07, 6.45) is 1.60. The lowest BCUT2D eigenvalue weighted by atomic mass is 9.95. The highest BCUT2D eigenvalue weighted by Crippen LogP contribution is 2.19. The van der Waals surface area contributed by atoms with Gasteiger partial charge < -0.3 is 0 Å². The summed E-state index contributed by atoms with van der Waals surface area (Å²) in [5.41, 5.74) is 4.39. The smallest absolute Gasteiger partial charge is 0.167 e. The van der Waals surface area contributed by atoms with Gasteiger partial charge in [-0.25, -0.2) is 0 Å². The van der Waals surface area contributed by atoms with Gasteiger partial charge in [-0.1, -0.05) is 67.9 Å². The second-order valence-electron chi connectivity index (χ2n) is 5.52. The van der Waals surface area contributed by atoms with Gasteiger partial charge >= 0.3 is 0 Å². The van der Waals surface area contributed by atoms with Crippen LogP contribution in [0.25, 0.3) is 0 Å². The van der Waals surface area contributed by atoms with Crippen LogP contribution in [0.15, 0.2) is 48.5 Å². The first-order chi connectivity index (χ1) is 9.60. The van der Waals surface area contributed by atoms with E-state index in [4.69, 9.17) is 0 Å². The Morgan fingerprint density at radius 2 is 1.80 bits per heavy atom. The zero-order valence-corrected chi connectivity index (χ0v) is 12.5. The summed E-state index contributed by atoms with van der Waals surface area (Å²) in [4.78, 5) is 12.3. The molecule has 0 aliphatic carbocycles. The number of rotatable bonds is 5. The maximum atomic E-state index is 12.3. The van der Waals surface area contributed by atoms with Crippen LogP contribution in [-0.2, 0) is 6.42 Å². The lowest BCUT2D eigenvalue weighted by Crippen LogP contribution is -2.04. The molecule has 0 fully saturated rings. The van der Waals surface area contributed by atoms with E-state index >= 15 is 0 Å². The molecule has 104 valence electrons. The summed E-state index contributed by atoms with van der Waals surface area (Å²) in [7, 11) is 0. The molecule has 0 aromatic heterocycles. The molecule has 0 radical (unpaired) electrons. The fourth-order valence-electron chi connectivity index (χ4n) is 2.34. The molecule has 1 nitrogen and oxygen atoms in total. The molecule has 0 heterocycles. The van der Waals surface area contributed by atoms with E-state index in [0.717, 1.165) is 17.5 Å². The van der Waals surface area contributed by atoms with Gasteiger partial charge in [-0.05, 0) is 30.4 Å². The highest BCUT2D eigenvalue weighted by atomic mass is 16.1. The maximum absolute atomic E-state index is 12.3. The largest absolute Gasteiger partial charge is 0.294 e. The van der Waals surface area contributed by atoms with E-state index < -0.39 is 0 Å². The van der Waals surface area contributed by atoms with Gasteiger partial charge in [-0.3, -0.25) is 4.79 Å². The van der Waals surface area contributed by atoms with Crippen molar-refractivity contribution in [1.29, 1.82) is 0 Å². The normalized spacial score (nSPS) is 12.2. The molecule has 0 N–H and O–H groups in total. The molecule has 20 heavy (non-hydrogen) atoms. The van der Waals surface area contributed by atoms with E-state index in [1.54, 1.807) is 0 Å². The molecule has 2 aromatic rings. The number of carbonyl (C=O) groups excluding carboxylic acids is 1. The van der Waals surface area contributed by atoms with Crippen molar-refractivity contribution >= 4 is 5.78 Å². The Morgan fingerprint density at radius 1 is 1.10 bits per heavy atom. The number of Topliss-reactive ketones (excluding diaryl/α,β-unsaturated/α-hetero) is 1.